The van der Waals surface area contributed by atoms with E-state index in [-0.39, 0.29) is 5.69 Å². The Morgan fingerprint density at radius 2 is 1.79 bits per heavy atom. The van der Waals surface area contributed by atoms with E-state index in [1.165, 1.54) is 26.2 Å². The number of hydrogen-bond acceptors (Lipinski definition) is 6. The fourth-order valence-electron chi connectivity index (χ4n) is 1.96. The van der Waals surface area contributed by atoms with Crippen molar-refractivity contribution >= 4 is 17.6 Å². The number of methoxy groups -OCH3 is 2. The van der Waals surface area contributed by atoms with Crippen molar-refractivity contribution in [3.05, 3.63) is 52.4 Å². The lowest BCUT2D eigenvalue weighted by atomic mass is 10.3. The zero-order valence-corrected chi connectivity index (χ0v) is 13.5. The number of rotatable bonds is 5. The van der Waals surface area contributed by atoms with Crippen LogP contribution in [0.15, 0.2) is 41.2 Å². The molecular weight excluding hydrogens is 314 g/mol. The molecule has 1 N–H and O–H groups in total. The van der Waals surface area contributed by atoms with Crippen LogP contribution in [0.4, 0.5) is 5.69 Å². The van der Waals surface area contributed by atoms with Crippen molar-refractivity contribution in [2.75, 3.05) is 19.5 Å². The third kappa shape index (κ3) is 3.78. The van der Waals surface area contributed by atoms with Crippen LogP contribution >= 0.6 is 0 Å². The standard InChI is InChI=1S/C16H17N3O5/c1-10(16(22)24-3)19-14(20)9-8-13(18-19)15(21)17-11-4-6-12(23-2)7-5-11/h4-10H,1-3H3,(H,17,21). The van der Waals surface area contributed by atoms with Crippen molar-refractivity contribution in [3.63, 3.8) is 0 Å². The summed E-state index contributed by atoms with van der Waals surface area (Å²) in [6.45, 7) is 1.46. The lowest BCUT2D eigenvalue weighted by Gasteiger charge is -2.12. The van der Waals surface area contributed by atoms with E-state index in [1.807, 2.05) is 0 Å². The highest BCUT2D eigenvalue weighted by molar-refractivity contribution is 6.02. The van der Waals surface area contributed by atoms with E-state index in [0.717, 1.165) is 4.68 Å². The lowest BCUT2D eigenvalue weighted by molar-refractivity contribution is -0.144. The maximum absolute atomic E-state index is 12.3. The molecule has 8 nitrogen and oxygen atoms in total. The summed E-state index contributed by atoms with van der Waals surface area (Å²) in [6.07, 6.45) is 0. The third-order valence-corrected chi connectivity index (χ3v) is 3.31. The number of carbonyl (C=O) groups excluding carboxylic acids is 2. The summed E-state index contributed by atoms with van der Waals surface area (Å²) in [4.78, 5) is 35.7. The predicted molar refractivity (Wildman–Crippen MR) is 86.2 cm³/mol. The van der Waals surface area contributed by atoms with E-state index in [9.17, 15) is 14.4 Å². The number of carbonyl (C=O) groups is 2. The van der Waals surface area contributed by atoms with Gasteiger partial charge in [0.25, 0.3) is 11.5 Å². The first-order valence-corrected chi connectivity index (χ1v) is 7.09. The molecule has 0 saturated carbocycles. The molecule has 0 saturated heterocycles. The van der Waals surface area contributed by atoms with Crippen LogP contribution in [0.5, 0.6) is 5.75 Å². The fourth-order valence-corrected chi connectivity index (χ4v) is 1.96. The van der Waals surface area contributed by atoms with E-state index in [1.54, 1.807) is 31.4 Å². The molecule has 0 spiro atoms. The van der Waals surface area contributed by atoms with Crippen molar-refractivity contribution in [2.24, 2.45) is 0 Å². The van der Waals surface area contributed by atoms with E-state index in [2.05, 4.69) is 15.2 Å². The molecule has 1 atom stereocenters. The first kappa shape index (κ1) is 17.2. The SMILES string of the molecule is COC(=O)C(C)n1nc(C(=O)Nc2ccc(OC)cc2)ccc1=O. The quantitative estimate of drug-likeness (QED) is 0.828. The van der Waals surface area contributed by atoms with Crippen LogP contribution < -0.4 is 15.6 Å². The van der Waals surface area contributed by atoms with Gasteiger partial charge in [0.05, 0.1) is 14.2 Å². The van der Waals surface area contributed by atoms with Gasteiger partial charge in [0.2, 0.25) is 0 Å². The van der Waals surface area contributed by atoms with Crippen LogP contribution in [0.25, 0.3) is 0 Å². The molecule has 1 heterocycles. The molecule has 0 bridgehead atoms. The molecule has 1 amide bonds. The Bertz CT molecular complexity index is 798. The van der Waals surface area contributed by atoms with Gasteiger partial charge in [-0.05, 0) is 37.3 Å². The molecule has 2 aromatic rings. The van der Waals surface area contributed by atoms with Gasteiger partial charge in [-0.2, -0.15) is 5.10 Å². The highest BCUT2D eigenvalue weighted by atomic mass is 16.5. The van der Waals surface area contributed by atoms with Crippen molar-refractivity contribution in [3.8, 4) is 5.75 Å². The van der Waals surface area contributed by atoms with Crippen LogP contribution in [0.1, 0.15) is 23.5 Å². The van der Waals surface area contributed by atoms with Gasteiger partial charge in [-0.25, -0.2) is 9.48 Å². The molecular formula is C16H17N3O5. The van der Waals surface area contributed by atoms with E-state index >= 15 is 0 Å². The molecule has 24 heavy (non-hydrogen) atoms. The van der Waals surface area contributed by atoms with Crippen LogP contribution in [0, 0.1) is 0 Å². The summed E-state index contributed by atoms with van der Waals surface area (Å²) >= 11 is 0. The molecule has 0 fully saturated rings. The Labute approximate surface area is 138 Å². The minimum atomic E-state index is -0.934. The molecule has 2 rings (SSSR count). The van der Waals surface area contributed by atoms with Crippen LogP contribution in [0.2, 0.25) is 0 Å². The highest BCUT2D eigenvalue weighted by Gasteiger charge is 2.19. The summed E-state index contributed by atoms with van der Waals surface area (Å²) in [7, 11) is 2.76. The van der Waals surface area contributed by atoms with Crippen molar-refractivity contribution in [1.29, 1.82) is 0 Å². The van der Waals surface area contributed by atoms with Crippen molar-refractivity contribution < 1.29 is 19.1 Å². The molecule has 0 aliphatic heterocycles. The predicted octanol–water partition coefficient (Wildman–Crippen LogP) is 1.24. The summed E-state index contributed by atoms with van der Waals surface area (Å²) in [5, 5.41) is 6.59. The van der Waals surface area contributed by atoms with Gasteiger partial charge in [0.15, 0.2) is 6.04 Å². The molecule has 1 aromatic heterocycles. The number of esters is 1. The van der Waals surface area contributed by atoms with Crippen LogP contribution in [-0.4, -0.2) is 35.9 Å². The Morgan fingerprint density at radius 3 is 2.38 bits per heavy atom. The van der Waals surface area contributed by atoms with Gasteiger partial charge in [0.1, 0.15) is 11.4 Å². The third-order valence-electron chi connectivity index (χ3n) is 3.31. The first-order valence-electron chi connectivity index (χ1n) is 7.09. The maximum Gasteiger partial charge on any atom is 0.330 e. The van der Waals surface area contributed by atoms with Gasteiger partial charge in [0, 0.05) is 11.8 Å². The first-order chi connectivity index (χ1) is 11.5. The number of nitrogens with one attached hydrogen (secondary N) is 1. The maximum atomic E-state index is 12.3. The second-order valence-electron chi connectivity index (χ2n) is 4.88. The van der Waals surface area contributed by atoms with Crippen molar-refractivity contribution in [1.82, 2.24) is 9.78 Å². The van der Waals surface area contributed by atoms with E-state index in [0.29, 0.717) is 11.4 Å². The second-order valence-corrected chi connectivity index (χ2v) is 4.88. The Kier molecular flexibility index (Phi) is 5.31. The largest absolute Gasteiger partial charge is 0.497 e. The summed E-state index contributed by atoms with van der Waals surface area (Å²) in [5.41, 5.74) is 0.0384. The summed E-state index contributed by atoms with van der Waals surface area (Å²) in [6, 6.07) is 8.27. The summed E-state index contributed by atoms with van der Waals surface area (Å²) in [5.74, 6) is -0.477. The zero-order chi connectivity index (χ0) is 17.7. The second kappa shape index (κ2) is 7.40. The number of anilines is 1. The van der Waals surface area contributed by atoms with Gasteiger partial charge >= 0.3 is 5.97 Å². The Balaban J connectivity index is 2.23. The van der Waals surface area contributed by atoms with Gasteiger partial charge in [-0.3, -0.25) is 9.59 Å². The van der Waals surface area contributed by atoms with Gasteiger partial charge < -0.3 is 14.8 Å². The minimum absolute atomic E-state index is 0.00108. The average Bonchev–Trinajstić information content (AvgIpc) is 2.61. The zero-order valence-electron chi connectivity index (χ0n) is 13.5. The van der Waals surface area contributed by atoms with E-state index < -0.39 is 23.5 Å². The minimum Gasteiger partial charge on any atom is -0.497 e. The molecule has 1 unspecified atom stereocenters. The average molecular weight is 331 g/mol. The Hall–Kier alpha value is -3.16. The lowest BCUT2D eigenvalue weighted by Crippen LogP contribution is -2.32. The highest BCUT2D eigenvalue weighted by Crippen LogP contribution is 2.15. The number of hydrogen-bond donors (Lipinski definition) is 1. The number of aromatic nitrogens is 2. The molecule has 0 aliphatic carbocycles. The number of ether oxygens (including phenoxy) is 2. The van der Waals surface area contributed by atoms with E-state index in [4.69, 9.17) is 4.74 Å². The topological polar surface area (TPSA) is 99.5 Å². The molecule has 0 aliphatic rings. The normalized spacial score (nSPS) is 11.5. The van der Waals surface area contributed by atoms with Crippen LogP contribution in [-0.2, 0) is 9.53 Å². The monoisotopic (exact) mass is 331 g/mol. The fraction of sp³-hybridized carbons (Fsp3) is 0.250. The number of amides is 1. The van der Waals surface area contributed by atoms with Crippen molar-refractivity contribution in [2.45, 2.75) is 13.0 Å². The molecule has 126 valence electrons. The summed E-state index contributed by atoms with van der Waals surface area (Å²) < 4.78 is 10.5. The molecule has 1 aromatic carbocycles. The van der Waals surface area contributed by atoms with Crippen LogP contribution in [0.3, 0.4) is 0 Å². The number of benzene rings is 1. The molecule has 0 radical (unpaired) electrons. The van der Waals surface area contributed by atoms with Gasteiger partial charge in [-0.1, -0.05) is 0 Å². The Morgan fingerprint density at radius 1 is 1.12 bits per heavy atom. The number of nitrogens with zero attached hydrogens (tertiary/aromatic N) is 2. The van der Waals surface area contributed by atoms with Gasteiger partial charge in [-0.15, -0.1) is 0 Å². The smallest absolute Gasteiger partial charge is 0.330 e. The molecule has 8 heteroatoms.